The number of nitrogens with zero attached hydrogens (tertiary/aromatic N) is 2. The van der Waals surface area contributed by atoms with E-state index in [1.54, 1.807) is 0 Å². The highest BCUT2D eigenvalue weighted by atomic mass is 15.4. The summed E-state index contributed by atoms with van der Waals surface area (Å²) < 4.78 is 0. The highest BCUT2D eigenvalue weighted by Gasteiger charge is 2.37. The molecule has 6 atom stereocenters. The zero-order chi connectivity index (χ0) is 17.1. The van der Waals surface area contributed by atoms with Crippen molar-refractivity contribution in [1.82, 2.24) is 10.3 Å². The van der Waals surface area contributed by atoms with Crippen molar-refractivity contribution >= 4 is 5.71 Å². The fourth-order valence-electron chi connectivity index (χ4n) is 4.82. The van der Waals surface area contributed by atoms with Crippen LogP contribution in [-0.2, 0) is 0 Å². The van der Waals surface area contributed by atoms with E-state index in [9.17, 15) is 0 Å². The third-order valence-electron chi connectivity index (χ3n) is 5.92. The smallest absolute Gasteiger partial charge is 0.0484 e. The minimum Gasteiger partial charge on any atom is -0.386 e. The van der Waals surface area contributed by atoms with Gasteiger partial charge in [0.25, 0.3) is 0 Å². The van der Waals surface area contributed by atoms with E-state index >= 15 is 0 Å². The summed E-state index contributed by atoms with van der Waals surface area (Å²) in [6.45, 7) is 11.7. The maximum Gasteiger partial charge on any atom is 0.0484 e. The van der Waals surface area contributed by atoms with Gasteiger partial charge in [0, 0.05) is 43.4 Å². The second-order valence-electron chi connectivity index (χ2n) is 8.31. The van der Waals surface area contributed by atoms with Crippen LogP contribution in [0.5, 0.6) is 0 Å². The zero-order valence-electron chi connectivity index (χ0n) is 16.3. The molecule has 0 aromatic carbocycles. The van der Waals surface area contributed by atoms with E-state index < -0.39 is 0 Å². The lowest BCUT2D eigenvalue weighted by Gasteiger charge is -2.41. The summed E-state index contributed by atoms with van der Waals surface area (Å²) in [5, 5.41) is 10.6. The van der Waals surface area contributed by atoms with Crippen molar-refractivity contribution in [2.75, 3.05) is 14.1 Å². The highest BCUT2D eigenvalue weighted by molar-refractivity contribution is 5.91. The van der Waals surface area contributed by atoms with Gasteiger partial charge in [0.2, 0.25) is 0 Å². The van der Waals surface area contributed by atoms with Crippen molar-refractivity contribution in [3.05, 3.63) is 11.8 Å². The second kappa shape index (κ2) is 7.72. The summed E-state index contributed by atoms with van der Waals surface area (Å²) in [6, 6.07) is 0.539. The molecule has 0 spiro atoms. The van der Waals surface area contributed by atoms with Crippen LogP contribution >= 0.6 is 0 Å². The van der Waals surface area contributed by atoms with Crippen LogP contribution in [0.25, 0.3) is 0 Å². The first-order valence-electron chi connectivity index (χ1n) is 9.52. The molecule has 0 radical (unpaired) electrons. The van der Waals surface area contributed by atoms with Crippen LogP contribution < -0.4 is 5.32 Å². The molecule has 2 rings (SSSR count). The molecular formula is C20H37N3. The summed E-state index contributed by atoms with van der Waals surface area (Å²) in [7, 11) is 4.13. The number of hydrogen-bond donors (Lipinski definition) is 1. The Bertz CT molecular complexity index is 452. The average Bonchev–Trinajstić information content (AvgIpc) is 2.44. The largest absolute Gasteiger partial charge is 0.386 e. The van der Waals surface area contributed by atoms with Crippen LogP contribution in [0.1, 0.15) is 60.3 Å². The molecule has 0 saturated heterocycles. The van der Waals surface area contributed by atoms with Crippen LogP contribution in [0, 0.1) is 29.6 Å². The van der Waals surface area contributed by atoms with E-state index in [1.165, 1.54) is 37.1 Å². The monoisotopic (exact) mass is 319 g/mol. The minimum absolute atomic E-state index is 0.493. The van der Waals surface area contributed by atoms with Gasteiger partial charge in [-0.3, -0.25) is 0 Å². The zero-order valence-corrected chi connectivity index (χ0v) is 16.3. The minimum atomic E-state index is 0.493. The van der Waals surface area contributed by atoms with Crippen LogP contribution in [0.4, 0.5) is 0 Å². The van der Waals surface area contributed by atoms with Gasteiger partial charge < -0.3 is 10.3 Å². The molecule has 1 heterocycles. The van der Waals surface area contributed by atoms with Crippen LogP contribution in [0.3, 0.4) is 0 Å². The van der Waals surface area contributed by atoms with Crippen molar-refractivity contribution in [3.8, 4) is 0 Å². The van der Waals surface area contributed by atoms with Gasteiger partial charge in [-0.2, -0.15) is 5.10 Å². The summed E-state index contributed by atoms with van der Waals surface area (Å²) >= 11 is 0. The molecule has 132 valence electrons. The lowest BCUT2D eigenvalue weighted by atomic mass is 9.65. The fraction of sp³-hybridized carbons (Fsp3) is 0.850. The molecule has 0 aromatic heterocycles. The third-order valence-corrected chi connectivity index (χ3v) is 5.92. The molecule has 1 N–H and O–H groups in total. The van der Waals surface area contributed by atoms with Crippen molar-refractivity contribution < 1.29 is 0 Å². The van der Waals surface area contributed by atoms with Gasteiger partial charge in [-0.25, -0.2) is 0 Å². The third kappa shape index (κ3) is 4.51. The van der Waals surface area contributed by atoms with Crippen molar-refractivity contribution in [2.45, 2.75) is 66.3 Å². The Labute approximate surface area is 143 Å². The number of nitrogens with one attached hydrogen (secondary N) is 1. The van der Waals surface area contributed by atoms with E-state index in [0.717, 1.165) is 17.8 Å². The Morgan fingerprint density at radius 3 is 2.43 bits per heavy atom. The predicted molar refractivity (Wildman–Crippen MR) is 100 cm³/mol. The Kier molecular flexibility index (Phi) is 6.16. The van der Waals surface area contributed by atoms with Gasteiger partial charge in [0.05, 0.1) is 0 Å². The summed E-state index contributed by atoms with van der Waals surface area (Å²) in [6.07, 6.45) is 7.54. The molecule has 1 fully saturated rings. The van der Waals surface area contributed by atoms with Crippen molar-refractivity contribution in [2.24, 2.45) is 34.7 Å². The first-order valence-corrected chi connectivity index (χ1v) is 9.52. The van der Waals surface area contributed by atoms with Gasteiger partial charge in [-0.05, 0) is 50.9 Å². The van der Waals surface area contributed by atoms with Crippen molar-refractivity contribution in [1.29, 1.82) is 0 Å². The first kappa shape index (κ1) is 18.4. The Morgan fingerprint density at radius 1 is 1.17 bits per heavy atom. The second-order valence-corrected chi connectivity index (χ2v) is 8.31. The van der Waals surface area contributed by atoms with Gasteiger partial charge in [-0.1, -0.05) is 33.3 Å². The Morgan fingerprint density at radius 2 is 1.87 bits per heavy atom. The highest BCUT2D eigenvalue weighted by Crippen LogP contribution is 2.42. The summed E-state index contributed by atoms with van der Waals surface area (Å²) in [4.78, 5) is 0. The lowest BCUT2D eigenvalue weighted by Crippen LogP contribution is -2.41. The van der Waals surface area contributed by atoms with Gasteiger partial charge >= 0.3 is 0 Å². The maximum atomic E-state index is 5.01. The molecule has 3 heteroatoms. The molecule has 1 saturated carbocycles. The molecule has 6 unspecified atom stereocenters. The SMILES string of the molecule is CCC1CC(/C(=N\N(C)C)C2C=C(C)NC(C)C2)C(C)CC1C. The number of hydrazone groups is 1. The Balaban J connectivity index is 2.30. The van der Waals surface area contributed by atoms with Crippen LogP contribution in [0.15, 0.2) is 16.9 Å². The van der Waals surface area contributed by atoms with E-state index in [2.05, 4.69) is 60.1 Å². The van der Waals surface area contributed by atoms with E-state index in [1.807, 2.05) is 5.01 Å². The topological polar surface area (TPSA) is 27.6 Å². The lowest BCUT2D eigenvalue weighted by molar-refractivity contribution is 0.162. The fourth-order valence-corrected chi connectivity index (χ4v) is 4.82. The van der Waals surface area contributed by atoms with Gasteiger partial charge in [0.15, 0.2) is 0 Å². The summed E-state index contributed by atoms with van der Waals surface area (Å²) in [5.74, 6) is 3.58. The molecule has 2 aliphatic rings. The maximum absolute atomic E-state index is 5.01. The molecule has 1 aliphatic carbocycles. The summed E-state index contributed by atoms with van der Waals surface area (Å²) in [5.41, 5.74) is 2.74. The number of rotatable bonds is 4. The first-order chi connectivity index (χ1) is 10.8. The molecular weight excluding hydrogens is 282 g/mol. The van der Waals surface area contributed by atoms with Crippen molar-refractivity contribution in [3.63, 3.8) is 0 Å². The molecule has 0 amide bonds. The standard InChI is InChI=1S/C20H37N3/c1-8-17-12-19(14(3)9-13(17)2)20(22-23(6)7)18-10-15(4)21-16(5)11-18/h10,13-14,16-19,21H,8-9,11-12H2,1-7H3/b22-20-. The van der Waals surface area contributed by atoms with Gasteiger partial charge in [-0.15, -0.1) is 0 Å². The Hall–Kier alpha value is -0.990. The van der Waals surface area contributed by atoms with Crippen LogP contribution in [-0.4, -0.2) is 30.9 Å². The average molecular weight is 320 g/mol. The normalized spacial score (nSPS) is 38.7. The van der Waals surface area contributed by atoms with E-state index in [4.69, 9.17) is 5.10 Å². The molecule has 1 aliphatic heterocycles. The van der Waals surface area contributed by atoms with E-state index in [-0.39, 0.29) is 0 Å². The number of allylic oxidation sites excluding steroid dienone is 2. The molecule has 23 heavy (non-hydrogen) atoms. The van der Waals surface area contributed by atoms with Crippen LogP contribution in [0.2, 0.25) is 0 Å². The molecule has 0 aromatic rings. The molecule has 3 nitrogen and oxygen atoms in total. The van der Waals surface area contributed by atoms with E-state index in [0.29, 0.717) is 17.9 Å². The quantitative estimate of drug-likeness (QED) is 0.609. The predicted octanol–water partition coefficient (Wildman–Crippen LogP) is 4.51. The molecule has 0 bridgehead atoms. The van der Waals surface area contributed by atoms with Gasteiger partial charge in [0.1, 0.15) is 0 Å². The number of hydrogen-bond acceptors (Lipinski definition) is 3.